The number of nitrogens with zero attached hydrogens (tertiary/aromatic N) is 4. The molecule has 1 saturated heterocycles. The van der Waals surface area contributed by atoms with Crippen molar-refractivity contribution in [2.45, 2.75) is 31.6 Å². The summed E-state index contributed by atoms with van der Waals surface area (Å²) in [5, 5.41) is 13.2. The summed E-state index contributed by atoms with van der Waals surface area (Å²) in [5.74, 6) is -2.76. The van der Waals surface area contributed by atoms with E-state index in [1.54, 1.807) is 4.68 Å². The van der Waals surface area contributed by atoms with Crippen molar-refractivity contribution in [2.24, 2.45) is 12.8 Å². The molecule has 0 saturated carbocycles. The molecule has 1 aromatic carbocycles. The fourth-order valence-electron chi connectivity index (χ4n) is 3.77. The number of rotatable bonds is 3. The van der Waals surface area contributed by atoms with Gasteiger partial charge >= 0.3 is 12.1 Å². The first-order valence-electron chi connectivity index (χ1n) is 9.76. The van der Waals surface area contributed by atoms with E-state index in [0.717, 1.165) is 48.3 Å². The summed E-state index contributed by atoms with van der Waals surface area (Å²) in [7, 11) is 1.89. The van der Waals surface area contributed by atoms with Crippen LogP contribution in [0.5, 0.6) is 0 Å². The van der Waals surface area contributed by atoms with E-state index in [0.29, 0.717) is 5.15 Å². The van der Waals surface area contributed by atoms with E-state index in [2.05, 4.69) is 33.2 Å². The van der Waals surface area contributed by atoms with Crippen LogP contribution in [0.1, 0.15) is 23.2 Å². The molecule has 0 bridgehead atoms. The van der Waals surface area contributed by atoms with Crippen LogP contribution in [-0.2, 0) is 23.9 Å². The van der Waals surface area contributed by atoms with Gasteiger partial charge in [0.15, 0.2) is 5.65 Å². The van der Waals surface area contributed by atoms with E-state index < -0.39 is 12.1 Å². The Morgan fingerprint density at radius 1 is 1.31 bits per heavy atom. The molecule has 1 aliphatic rings. The minimum atomic E-state index is -5.08. The maximum Gasteiger partial charge on any atom is 0.490 e. The Kier molecular flexibility index (Phi) is 6.77. The zero-order valence-electron chi connectivity index (χ0n) is 17.5. The number of nitrogens with two attached hydrogens (primary N) is 1. The van der Waals surface area contributed by atoms with Crippen LogP contribution >= 0.6 is 11.6 Å². The van der Waals surface area contributed by atoms with E-state index in [1.807, 2.05) is 32.2 Å². The second kappa shape index (κ2) is 9.05. The molecule has 0 aliphatic carbocycles. The van der Waals surface area contributed by atoms with Crippen LogP contribution in [0.15, 0.2) is 36.4 Å². The first-order valence-corrected chi connectivity index (χ1v) is 10.1. The maximum atomic E-state index is 10.6. The highest BCUT2D eigenvalue weighted by Crippen LogP contribution is 2.31. The van der Waals surface area contributed by atoms with E-state index in [-0.39, 0.29) is 5.54 Å². The van der Waals surface area contributed by atoms with Crippen LogP contribution in [0, 0.1) is 6.92 Å². The van der Waals surface area contributed by atoms with Crippen LogP contribution in [0.2, 0.25) is 5.15 Å². The largest absolute Gasteiger partial charge is 0.490 e. The van der Waals surface area contributed by atoms with Gasteiger partial charge in [-0.1, -0.05) is 41.9 Å². The lowest BCUT2D eigenvalue weighted by Gasteiger charge is -2.25. The molecule has 1 unspecified atom stereocenters. The van der Waals surface area contributed by atoms with E-state index in [4.69, 9.17) is 27.2 Å². The van der Waals surface area contributed by atoms with Gasteiger partial charge in [-0.05, 0) is 25.0 Å². The Morgan fingerprint density at radius 3 is 2.53 bits per heavy atom. The first-order chi connectivity index (χ1) is 14.9. The van der Waals surface area contributed by atoms with Crippen LogP contribution in [0.25, 0.3) is 11.0 Å². The molecule has 32 heavy (non-hydrogen) atoms. The minimum absolute atomic E-state index is 0.296. The van der Waals surface area contributed by atoms with Gasteiger partial charge in [0.1, 0.15) is 5.15 Å². The van der Waals surface area contributed by atoms with Crippen molar-refractivity contribution >= 4 is 28.6 Å². The van der Waals surface area contributed by atoms with E-state index in [9.17, 15) is 13.2 Å². The SMILES string of the molecule is Cc1nn(C)c2nc(Cl)c(CN3CCC(N)(c4ccccc4)C3)cc12.O=C(O)C(F)(F)F. The lowest BCUT2D eigenvalue weighted by Crippen LogP contribution is -2.39. The summed E-state index contributed by atoms with van der Waals surface area (Å²) in [5.41, 5.74) is 10.4. The highest BCUT2D eigenvalue weighted by atomic mass is 35.5. The predicted molar refractivity (Wildman–Crippen MR) is 114 cm³/mol. The van der Waals surface area contributed by atoms with Gasteiger partial charge in [-0.15, -0.1) is 0 Å². The van der Waals surface area contributed by atoms with E-state index in [1.165, 1.54) is 5.56 Å². The van der Waals surface area contributed by atoms with Crippen molar-refractivity contribution in [3.8, 4) is 0 Å². The van der Waals surface area contributed by atoms with Crippen LogP contribution in [0.3, 0.4) is 0 Å². The summed E-state index contributed by atoms with van der Waals surface area (Å²) in [6, 6.07) is 12.5. The average Bonchev–Trinajstić information content (AvgIpc) is 3.23. The molecule has 7 nitrogen and oxygen atoms in total. The standard InChI is InChI=1S/C19H22ClN5.C2HF3O2/c1-13-16-10-14(17(20)22-18(16)24(2)23-13)11-25-9-8-19(21,12-25)15-6-4-3-5-7-15;3-2(4,5)1(6)7/h3-7,10H,8-9,11-12,21H2,1-2H3;(H,6,7). The Labute approximate surface area is 187 Å². The number of carboxylic acid groups (broad SMARTS) is 1. The summed E-state index contributed by atoms with van der Waals surface area (Å²) in [4.78, 5) is 15.8. The third-order valence-electron chi connectivity index (χ3n) is 5.39. The quantitative estimate of drug-likeness (QED) is 0.569. The third kappa shape index (κ3) is 5.20. The molecule has 3 aromatic rings. The number of fused-ring (bicyclic) bond motifs is 1. The molecule has 172 valence electrons. The molecule has 1 atom stereocenters. The molecule has 1 fully saturated rings. The number of aliphatic carboxylic acids is 1. The zero-order chi connectivity index (χ0) is 23.7. The third-order valence-corrected chi connectivity index (χ3v) is 5.72. The molecule has 0 radical (unpaired) electrons. The molecule has 11 heteroatoms. The summed E-state index contributed by atoms with van der Waals surface area (Å²) in [6.07, 6.45) is -4.14. The van der Waals surface area contributed by atoms with Crippen LogP contribution in [-0.4, -0.2) is 50.0 Å². The average molecular weight is 470 g/mol. The van der Waals surface area contributed by atoms with Crippen molar-refractivity contribution in [2.75, 3.05) is 13.1 Å². The fraction of sp³-hybridized carbons (Fsp3) is 0.381. The number of pyridine rings is 1. The van der Waals surface area contributed by atoms with Gasteiger partial charge in [0.25, 0.3) is 0 Å². The Balaban J connectivity index is 0.000000360. The molecular weight excluding hydrogens is 447 g/mol. The Hall–Kier alpha value is -2.69. The molecule has 0 amide bonds. The van der Waals surface area contributed by atoms with Crippen LogP contribution < -0.4 is 5.73 Å². The number of benzene rings is 1. The van der Waals surface area contributed by atoms with Gasteiger partial charge in [0.05, 0.1) is 11.2 Å². The number of halogens is 4. The Bertz CT molecular complexity index is 1120. The lowest BCUT2D eigenvalue weighted by atomic mass is 9.90. The number of hydrogen-bond donors (Lipinski definition) is 2. The highest BCUT2D eigenvalue weighted by Gasteiger charge is 2.38. The molecule has 0 spiro atoms. The molecular formula is C21H23ClF3N5O2. The van der Waals surface area contributed by atoms with Gasteiger partial charge < -0.3 is 10.8 Å². The topological polar surface area (TPSA) is 97.3 Å². The summed E-state index contributed by atoms with van der Waals surface area (Å²) in [6.45, 7) is 4.52. The monoisotopic (exact) mass is 469 g/mol. The Morgan fingerprint density at radius 2 is 1.94 bits per heavy atom. The number of carboxylic acids is 1. The summed E-state index contributed by atoms with van der Waals surface area (Å²) < 4.78 is 33.5. The van der Waals surface area contributed by atoms with Gasteiger partial charge in [-0.25, -0.2) is 9.78 Å². The number of likely N-dealkylation sites (tertiary alicyclic amines) is 1. The molecule has 1 aliphatic heterocycles. The first kappa shape index (κ1) is 24.0. The molecule has 2 aromatic heterocycles. The number of carbonyl (C=O) groups is 1. The van der Waals surface area contributed by atoms with Gasteiger partial charge in [-0.2, -0.15) is 18.3 Å². The normalized spacial score (nSPS) is 19.1. The molecule has 3 heterocycles. The van der Waals surface area contributed by atoms with Gasteiger partial charge in [0.2, 0.25) is 0 Å². The number of aryl methyl sites for hydroxylation is 2. The molecule has 4 rings (SSSR count). The molecule has 3 N–H and O–H groups in total. The highest BCUT2D eigenvalue weighted by molar-refractivity contribution is 6.30. The smallest absolute Gasteiger partial charge is 0.475 e. The van der Waals surface area contributed by atoms with Crippen molar-refractivity contribution in [1.82, 2.24) is 19.7 Å². The van der Waals surface area contributed by atoms with Crippen molar-refractivity contribution in [1.29, 1.82) is 0 Å². The van der Waals surface area contributed by atoms with Crippen molar-refractivity contribution < 1.29 is 23.1 Å². The maximum absolute atomic E-state index is 10.6. The second-order valence-electron chi connectivity index (χ2n) is 7.80. The van der Waals surface area contributed by atoms with Gasteiger partial charge in [0, 0.05) is 37.6 Å². The second-order valence-corrected chi connectivity index (χ2v) is 8.16. The fourth-order valence-corrected chi connectivity index (χ4v) is 3.96. The number of hydrogen-bond acceptors (Lipinski definition) is 5. The summed E-state index contributed by atoms with van der Waals surface area (Å²) >= 11 is 6.44. The number of aromatic nitrogens is 3. The van der Waals surface area contributed by atoms with Crippen LogP contribution in [0.4, 0.5) is 13.2 Å². The van der Waals surface area contributed by atoms with Crippen molar-refractivity contribution in [3.63, 3.8) is 0 Å². The lowest BCUT2D eigenvalue weighted by molar-refractivity contribution is -0.192. The zero-order valence-corrected chi connectivity index (χ0v) is 18.3. The number of alkyl halides is 3. The predicted octanol–water partition coefficient (Wildman–Crippen LogP) is 3.62. The van der Waals surface area contributed by atoms with E-state index >= 15 is 0 Å². The minimum Gasteiger partial charge on any atom is -0.475 e. The van der Waals surface area contributed by atoms with Crippen molar-refractivity contribution in [3.05, 3.63) is 58.4 Å². The van der Waals surface area contributed by atoms with Gasteiger partial charge in [-0.3, -0.25) is 9.58 Å².